The second-order valence-electron chi connectivity index (χ2n) is 7.95. The predicted molar refractivity (Wildman–Crippen MR) is 116 cm³/mol. The van der Waals surface area contributed by atoms with Gasteiger partial charge >= 0.3 is 0 Å². The number of aliphatic hydroxyl groups is 1. The van der Waals surface area contributed by atoms with Crippen molar-refractivity contribution in [3.63, 3.8) is 0 Å². The van der Waals surface area contributed by atoms with Gasteiger partial charge in [-0.15, -0.1) is 5.10 Å². The van der Waals surface area contributed by atoms with Gasteiger partial charge in [-0.3, -0.25) is 9.89 Å². The third-order valence-electron chi connectivity index (χ3n) is 5.75. The molecule has 2 aromatic carbocycles. The first kappa shape index (κ1) is 21.5. The molecule has 3 aromatic rings. The van der Waals surface area contributed by atoms with Gasteiger partial charge in [0.2, 0.25) is 5.88 Å². The number of nitriles is 1. The van der Waals surface area contributed by atoms with Gasteiger partial charge in [-0.25, -0.2) is 4.39 Å². The molecule has 2 N–H and O–H groups in total. The van der Waals surface area contributed by atoms with Crippen LogP contribution in [-0.2, 0) is 5.67 Å². The molecule has 164 valence electrons. The minimum absolute atomic E-state index is 0.0385. The number of halogens is 1. The van der Waals surface area contributed by atoms with Gasteiger partial charge < -0.3 is 14.7 Å². The number of aromatic nitrogens is 2. The van der Waals surface area contributed by atoms with Crippen molar-refractivity contribution in [3.05, 3.63) is 70.3 Å². The van der Waals surface area contributed by atoms with Crippen molar-refractivity contribution >= 4 is 5.91 Å². The number of hydrogen-bond acceptors (Lipinski definition) is 5. The molecular weight excluding hydrogens is 411 g/mol. The topological polar surface area (TPSA) is 102 Å². The third-order valence-corrected chi connectivity index (χ3v) is 5.75. The van der Waals surface area contributed by atoms with E-state index in [1.807, 2.05) is 26.0 Å². The number of aromatic amines is 1. The van der Waals surface area contributed by atoms with Crippen LogP contribution in [0, 0.1) is 25.2 Å². The van der Waals surface area contributed by atoms with E-state index in [2.05, 4.69) is 10.2 Å². The Labute approximate surface area is 185 Å². The molecular formula is C24H23FN4O3. The molecule has 1 fully saturated rings. The molecule has 0 bridgehead atoms. The van der Waals surface area contributed by atoms with Crippen molar-refractivity contribution in [1.82, 2.24) is 15.1 Å². The first-order chi connectivity index (χ1) is 15.4. The number of ether oxygens (including phenoxy) is 1. The smallest absolute Gasteiger partial charge is 0.254 e. The molecule has 0 unspecified atom stereocenters. The number of nitrogens with one attached hydrogen (secondary N) is 1. The lowest BCUT2D eigenvalue weighted by Gasteiger charge is -2.44. The number of carbonyl (C=O) groups excluding carboxylic acids is 1. The fourth-order valence-electron chi connectivity index (χ4n) is 3.86. The summed E-state index contributed by atoms with van der Waals surface area (Å²) in [7, 11) is 0. The SMILES string of the molecule is Cc1ccc(C(=O)N2CC(F)(c3ccc(C#N)cc3)C2)cc1-c1[nH]nc(OCCO)c1C. The number of likely N-dealkylation sites (tertiary alicyclic amines) is 1. The summed E-state index contributed by atoms with van der Waals surface area (Å²) < 4.78 is 20.7. The Kier molecular flexibility index (Phi) is 5.68. The van der Waals surface area contributed by atoms with E-state index < -0.39 is 5.67 Å². The molecule has 0 spiro atoms. The van der Waals surface area contributed by atoms with Crippen LogP contribution < -0.4 is 4.74 Å². The van der Waals surface area contributed by atoms with E-state index >= 15 is 4.39 Å². The number of H-pyrrole nitrogens is 1. The quantitative estimate of drug-likeness (QED) is 0.620. The summed E-state index contributed by atoms with van der Waals surface area (Å²) in [4.78, 5) is 14.5. The van der Waals surface area contributed by atoms with E-state index in [0.29, 0.717) is 22.6 Å². The number of aryl methyl sites for hydroxylation is 1. The Hall–Kier alpha value is -3.70. The second kappa shape index (κ2) is 8.44. The van der Waals surface area contributed by atoms with Crippen LogP contribution in [-0.4, -0.2) is 52.4 Å². The molecule has 4 rings (SSSR count). The minimum atomic E-state index is -1.61. The number of rotatable bonds is 6. The summed E-state index contributed by atoms with van der Waals surface area (Å²) in [6.45, 7) is 3.73. The zero-order valence-corrected chi connectivity index (χ0v) is 17.9. The summed E-state index contributed by atoms with van der Waals surface area (Å²) in [5.41, 5.74) is 3.03. The van der Waals surface area contributed by atoms with Crippen LogP contribution in [0.2, 0.25) is 0 Å². The van der Waals surface area contributed by atoms with E-state index in [9.17, 15) is 4.79 Å². The Morgan fingerprint density at radius 3 is 2.66 bits per heavy atom. The van der Waals surface area contributed by atoms with E-state index in [0.717, 1.165) is 22.4 Å². The first-order valence-electron chi connectivity index (χ1n) is 10.2. The van der Waals surface area contributed by atoms with Crippen LogP contribution in [0.4, 0.5) is 4.39 Å². The molecule has 1 aliphatic rings. The van der Waals surface area contributed by atoms with Gasteiger partial charge in [0.25, 0.3) is 5.91 Å². The molecule has 8 heteroatoms. The Morgan fingerprint density at radius 2 is 2.00 bits per heavy atom. The van der Waals surface area contributed by atoms with Crippen LogP contribution in [0.1, 0.15) is 32.6 Å². The van der Waals surface area contributed by atoms with Crippen LogP contribution in [0.15, 0.2) is 42.5 Å². The highest BCUT2D eigenvalue weighted by Crippen LogP contribution is 2.37. The number of carbonyl (C=O) groups is 1. The van der Waals surface area contributed by atoms with E-state index in [4.69, 9.17) is 15.1 Å². The summed E-state index contributed by atoms with van der Waals surface area (Å²) in [5, 5.41) is 24.9. The summed E-state index contributed by atoms with van der Waals surface area (Å²) in [5.74, 6) is 0.152. The minimum Gasteiger partial charge on any atom is -0.474 e. The lowest BCUT2D eigenvalue weighted by Crippen LogP contribution is -2.58. The number of nitrogens with zero attached hydrogens (tertiary/aromatic N) is 3. The van der Waals surface area contributed by atoms with Gasteiger partial charge in [0, 0.05) is 16.7 Å². The first-order valence-corrected chi connectivity index (χ1v) is 10.2. The van der Waals surface area contributed by atoms with E-state index in [1.54, 1.807) is 36.4 Å². The van der Waals surface area contributed by atoms with Gasteiger partial charge in [-0.05, 0) is 49.2 Å². The highest BCUT2D eigenvalue weighted by molar-refractivity contribution is 5.96. The summed E-state index contributed by atoms with van der Waals surface area (Å²) in [6.07, 6.45) is 0. The van der Waals surface area contributed by atoms with Gasteiger partial charge in [0.15, 0.2) is 5.67 Å². The monoisotopic (exact) mass is 434 g/mol. The zero-order valence-electron chi connectivity index (χ0n) is 17.9. The Morgan fingerprint density at radius 1 is 1.28 bits per heavy atom. The largest absolute Gasteiger partial charge is 0.474 e. The van der Waals surface area contributed by atoms with Gasteiger partial charge in [0.1, 0.15) is 6.61 Å². The maximum absolute atomic E-state index is 15.2. The third kappa shape index (κ3) is 3.83. The number of benzene rings is 2. The molecule has 32 heavy (non-hydrogen) atoms. The highest BCUT2D eigenvalue weighted by Gasteiger charge is 2.47. The van der Waals surface area contributed by atoms with Crippen LogP contribution in [0.3, 0.4) is 0 Å². The molecule has 0 aliphatic carbocycles. The highest BCUT2D eigenvalue weighted by atomic mass is 19.1. The molecule has 0 atom stereocenters. The molecule has 1 saturated heterocycles. The van der Waals surface area contributed by atoms with Gasteiger partial charge in [-0.1, -0.05) is 18.2 Å². The molecule has 1 aliphatic heterocycles. The fourth-order valence-corrected chi connectivity index (χ4v) is 3.86. The second-order valence-corrected chi connectivity index (χ2v) is 7.95. The predicted octanol–water partition coefficient (Wildman–Crippen LogP) is 3.26. The van der Waals surface area contributed by atoms with Gasteiger partial charge in [-0.2, -0.15) is 5.26 Å². The average molecular weight is 434 g/mol. The van der Waals surface area contributed by atoms with E-state index in [1.165, 1.54) is 4.90 Å². The molecule has 2 heterocycles. The standard InChI is InChI=1S/C24H23FN4O3/c1-15-3-6-18(11-20(15)21-16(2)22(28-27-21)32-10-9-30)23(31)29-13-24(25,14-29)19-7-4-17(12-26)5-8-19/h3-8,11,30H,9-10,13-14H2,1-2H3,(H,27,28). The maximum Gasteiger partial charge on any atom is 0.254 e. The number of amides is 1. The van der Waals surface area contributed by atoms with Crippen molar-refractivity contribution in [2.24, 2.45) is 0 Å². The summed E-state index contributed by atoms with van der Waals surface area (Å²) in [6, 6.07) is 13.7. The summed E-state index contributed by atoms with van der Waals surface area (Å²) >= 11 is 0. The molecule has 0 saturated carbocycles. The molecule has 0 radical (unpaired) electrons. The van der Waals surface area contributed by atoms with Crippen LogP contribution in [0.5, 0.6) is 5.88 Å². The maximum atomic E-state index is 15.2. The molecule has 1 aromatic heterocycles. The van der Waals surface area contributed by atoms with E-state index in [-0.39, 0.29) is 32.2 Å². The van der Waals surface area contributed by atoms with Crippen molar-refractivity contribution in [2.75, 3.05) is 26.3 Å². The van der Waals surface area contributed by atoms with Crippen molar-refractivity contribution < 1.29 is 19.0 Å². The van der Waals surface area contributed by atoms with Crippen LogP contribution in [0.25, 0.3) is 11.3 Å². The fraction of sp³-hybridized carbons (Fsp3) is 0.292. The van der Waals surface area contributed by atoms with Crippen LogP contribution >= 0.6 is 0 Å². The zero-order chi connectivity index (χ0) is 22.9. The van der Waals surface area contributed by atoms with Crippen molar-refractivity contribution in [1.29, 1.82) is 5.26 Å². The number of hydrogen-bond donors (Lipinski definition) is 2. The molecule has 7 nitrogen and oxygen atoms in total. The van der Waals surface area contributed by atoms with Crippen molar-refractivity contribution in [3.8, 4) is 23.2 Å². The normalized spacial score (nSPS) is 14.5. The molecule has 1 amide bonds. The Bertz CT molecular complexity index is 1190. The number of aliphatic hydroxyl groups excluding tert-OH is 1. The average Bonchev–Trinajstić information content (AvgIpc) is 3.15. The van der Waals surface area contributed by atoms with Gasteiger partial charge in [0.05, 0.1) is 37.0 Å². The lowest BCUT2D eigenvalue weighted by molar-refractivity contribution is -0.0231. The lowest BCUT2D eigenvalue weighted by atomic mass is 9.87. The Balaban J connectivity index is 1.52. The number of alkyl halides is 1. The van der Waals surface area contributed by atoms with Crippen molar-refractivity contribution in [2.45, 2.75) is 19.5 Å².